The van der Waals surface area contributed by atoms with Gasteiger partial charge in [-0.3, -0.25) is 0 Å². The second-order valence-corrected chi connectivity index (χ2v) is 6.16. The summed E-state index contributed by atoms with van der Waals surface area (Å²) in [4.78, 5) is 0. The van der Waals surface area contributed by atoms with E-state index >= 15 is 0 Å². The third kappa shape index (κ3) is 1.68. The fraction of sp³-hybridized carbons (Fsp3) is 0.273. The molecule has 0 bridgehead atoms. The van der Waals surface area contributed by atoms with E-state index in [1.165, 1.54) is 18.5 Å². The largest absolute Gasteiger partial charge is 0.392 e. The summed E-state index contributed by atoms with van der Waals surface area (Å²) in [6, 6.07) is 6.44. The van der Waals surface area contributed by atoms with E-state index in [4.69, 9.17) is 0 Å². The quantitative estimate of drug-likeness (QED) is 0.840. The van der Waals surface area contributed by atoms with Gasteiger partial charge in [-0.2, -0.15) is 0 Å². The molecule has 3 heteroatoms. The summed E-state index contributed by atoms with van der Waals surface area (Å²) in [7, 11) is 0. The first-order valence-corrected chi connectivity index (χ1v) is 6.46. The summed E-state index contributed by atoms with van der Waals surface area (Å²) >= 11 is 4.10. The Balaban J connectivity index is 2.75. The molecule has 0 atom stereocenters. The number of aliphatic hydroxyl groups excluding tert-OH is 1. The Morgan fingerprint density at radius 3 is 2.86 bits per heavy atom. The van der Waals surface area contributed by atoms with Gasteiger partial charge in [-0.25, -0.2) is 0 Å². The topological polar surface area (TPSA) is 20.2 Å². The van der Waals surface area contributed by atoms with Gasteiger partial charge in [0.25, 0.3) is 0 Å². The maximum absolute atomic E-state index is 9.36. The highest BCUT2D eigenvalue weighted by Crippen LogP contribution is 2.31. The van der Waals surface area contributed by atoms with E-state index in [-0.39, 0.29) is 6.61 Å². The number of aryl methyl sites for hydroxylation is 1. The molecule has 1 heterocycles. The van der Waals surface area contributed by atoms with Crippen LogP contribution < -0.4 is 0 Å². The maximum Gasteiger partial charge on any atom is 0.0690 e. The van der Waals surface area contributed by atoms with Crippen LogP contribution in [0.2, 0.25) is 0 Å². The molecule has 0 aliphatic carbocycles. The third-order valence-corrected chi connectivity index (χ3v) is 4.28. The molecule has 2 rings (SSSR count). The zero-order chi connectivity index (χ0) is 10.1. The minimum Gasteiger partial charge on any atom is -0.392 e. The number of aliphatic hydroxyl groups is 1. The lowest BCUT2D eigenvalue weighted by Gasteiger charge is -2.05. The molecule has 14 heavy (non-hydrogen) atoms. The fourth-order valence-corrected chi connectivity index (χ4v) is 3.54. The highest BCUT2D eigenvalue weighted by Gasteiger charge is 2.07. The summed E-state index contributed by atoms with van der Waals surface area (Å²) in [6.07, 6.45) is 0.984. The van der Waals surface area contributed by atoms with Gasteiger partial charge in [0.2, 0.25) is 0 Å². The molecule has 0 radical (unpaired) electrons. The van der Waals surface area contributed by atoms with Crippen LogP contribution in [0.3, 0.4) is 0 Å². The van der Waals surface area contributed by atoms with Crippen molar-refractivity contribution in [2.75, 3.05) is 0 Å². The predicted molar refractivity (Wildman–Crippen MR) is 69.8 cm³/mol. The van der Waals surface area contributed by atoms with Crippen molar-refractivity contribution >= 4 is 44.0 Å². The van der Waals surface area contributed by atoms with E-state index in [0.29, 0.717) is 0 Å². The van der Waals surface area contributed by atoms with Gasteiger partial charge in [-0.05, 0) is 57.7 Å². The molecule has 2 aromatic rings. The van der Waals surface area contributed by atoms with Crippen molar-refractivity contribution in [3.63, 3.8) is 0 Å². The van der Waals surface area contributed by atoms with E-state index in [1.807, 2.05) is 0 Å². The van der Waals surface area contributed by atoms with E-state index in [0.717, 1.165) is 12.0 Å². The Labute approximate surface area is 101 Å². The Morgan fingerprint density at radius 2 is 2.21 bits per heavy atom. The van der Waals surface area contributed by atoms with Gasteiger partial charge in [0.05, 0.1) is 9.49 Å². The van der Waals surface area contributed by atoms with Gasteiger partial charge < -0.3 is 5.11 Å². The monoisotopic (exact) mass is 318 g/mol. The number of halogens is 1. The van der Waals surface area contributed by atoms with Crippen LogP contribution >= 0.6 is 33.9 Å². The van der Waals surface area contributed by atoms with Gasteiger partial charge in [-0.15, -0.1) is 11.3 Å². The molecule has 1 N–H and O–H groups in total. The number of benzene rings is 1. The van der Waals surface area contributed by atoms with Crippen molar-refractivity contribution < 1.29 is 5.11 Å². The van der Waals surface area contributed by atoms with Crippen molar-refractivity contribution in [3.8, 4) is 0 Å². The van der Waals surface area contributed by atoms with Crippen LogP contribution in [-0.2, 0) is 13.0 Å². The Morgan fingerprint density at radius 1 is 1.43 bits per heavy atom. The van der Waals surface area contributed by atoms with Crippen LogP contribution in [-0.4, -0.2) is 5.11 Å². The molecule has 0 saturated heterocycles. The van der Waals surface area contributed by atoms with Crippen molar-refractivity contribution in [1.29, 1.82) is 0 Å². The van der Waals surface area contributed by atoms with Crippen LogP contribution in [0.1, 0.15) is 18.1 Å². The van der Waals surface area contributed by atoms with Gasteiger partial charge in [0.1, 0.15) is 0 Å². The van der Waals surface area contributed by atoms with Gasteiger partial charge >= 0.3 is 0 Å². The first-order chi connectivity index (χ1) is 6.76. The smallest absolute Gasteiger partial charge is 0.0690 e. The van der Waals surface area contributed by atoms with Crippen LogP contribution in [0.4, 0.5) is 0 Å². The van der Waals surface area contributed by atoms with Crippen molar-refractivity contribution in [2.45, 2.75) is 20.0 Å². The second kappa shape index (κ2) is 4.16. The third-order valence-electron chi connectivity index (χ3n) is 2.42. The molecule has 0 amide bonds. The minimum atomic E-state index is 0.146. The summed E-state index contributed by atoms with van der Waals surface area (Å²) in [6.45, 7) is 2.27. The van der Waals surface area contributed by atoms with Crippen LogP contribution in [0, 0.1) is 2.88 Å². The van der Waals surface area contributed by atoms with Gasteiger partial charge in [0.15, 0.2) is 0 Å². The molecular weight excluding hydrogens is 307 g/mol. The number of fused-ring (bicyclic) bond motifs is 1. The average Bonchev–Trinajstić information content (AvgIpc) is 2.56. The van der Waals surface area contributed by atoms with E-state index in [1.54, 1.807) is 11.3 Å². The molecule has 1 aromatic heterocycles. The molecule has 0 unspecified atom stereocenters. The lowest BCUT2D eigenvalue weighted by molar-refractivity contribution is 0.282. The van der Waals surface area contributed by atoms with Crippen LogP contribution in [0.5, 0.6) is 0 Å². The summed E-state index contributed by atoms with van der Waals surface area (Å²) in [5.41, 5.74) is 2.36. The first-order valence-electron chi connectivity index (χ1n) is 4.57. The Hall–Kier alpha value is -0.130. The normalized spacial score (nSPS) is 11.1. The van der Waals surface area contributed by atoms with E-state index in [9.17, 15) is 5.11 Å². The van der Waals surface area contributed by atoms with Crippen LogP contribution in [0.15, 0.2) is 18.2 Å². The minimum absolute atomic E-state index is 0.146. The van der Waals surface area contributed by atoms with Crippen LogP contribution in [0.25, 0.3) is 10.1 Å². The number of hydrogen-bond donors (Lipinski definition) is 1. The van der Waals surface area contributed by atoms with Gasteiger partial charge in [0, 0.05) is 4.70 Å². The molecule has 1 aromatic carbocycles. The Kier molecular flexibility index (Phi) is 3.09. The lowest BCUT2D eigenvalue weighted by Crippen LogP contribution is -1.92. The maximum atomic E-state index is 9.36. The highest BCUT2D eigenvalue weighted by molar-refractivity contribution is 14.1. The molecule has 74 valence electrons. The highest BCUT2D eigenvalue weighted by atomic mass is 127. The zero-order valence-electron chi connectivity index (χ0n) is 7.88. The van der Waals surface area contributed by atoms with E-state index in [2.05, 4.69) is 47.7 Å². The number of rotatable bonds is 2. The first kappa shape index (κ1) is 10.4. The summed E-state index contributed by atoms with van der Waals surface area (Å²) in [5.74, 6) is 0. The number of hydrogen-bond acceptors (Lipinski definition) is 2. The molecule has 0 aliphatic heterocycles. The Bertz CT molecular complexity index is 462. The molecule has 0 fully saturated rings. The zero-order valence-corrected chi connectivity index (χ0v) is 10.9. The van der Waals surface area contributed by atoms with E-state index < -0.39 is 0 Å². The molecule has 0 saturated carbocycles. The molecule has 0 spiro atoms. The lowest BCUT2D eigenvalue weighted by atomic mass is 10.0. The molecule has 1 nitrogen and oxygen atoms in total. The molecular formula is C11H11IOS. The number of thiophene rings is 1. The van der Waals surface area contributed by atoms with Crippen molar-refractivity contribution in [1.82, 2.24) is 0 Å². The molecule has 0 aliphatic rings. The van der Waals surface area contributed by atoms with Crippen molar-refractivity contribution in [3.05, 3.63) is 32.2 Å². The summed E-state index contributed by atoms with van der Waals surface area (Å²) in [5, 5.41) is 10.6. The second-order valence-electron chi connectivity index (χ2n) is 3.18. The summed E-state index contributed by atoms with van der Waals surface area (Å²) < 4.78 is 2.55. The average molecular weight is 318 g/mol. The van der Waals surface area contributed by atoms with Gasteiger partial charge in [-0.1, -0.05) is 13.0 Å². The predicted octanol–water partition coefficient (Wildman–Crippen LogP) is 3.56. The van der Waals surface area contributed by atoms with Crippen molar-refractivity contribution in [2.24, 2.45) is 0 Å². The SMILES string of the molecule is CCc1ccc2sc(I)cc2c1CO. The standard InChI is InChI=1S/C11H11IOS/c1-2-7-3-4-10-8(9(7)6-13)5-11(12)14-10/h3-5,13H,2,6H2,1H3. The fourth-order valence-electron chi connectivity index (χ4n) is 1.70.